The predicted octanol–water partition coefficient (Wildman–Crippen LogP) is 2.77. The average Bonchev–Trinajstić information content (AvgIpc) is 2.48. The summed E-state index contributed by atoms with van der Waals surface area (Å²) in [7, 11) is 0. The summed E-state index contributed by atoms with van der Waals surface area (Å²) in [5.41, 5.74) is 0.526. The lowest BCUT2D eigenvalue weighted by atomic mass is 10.2. The maximum absolute atomic E-state index is 12.1. The molecule has 0 bridgehead atoms. The number of thiocarbonyl (C=S) groups is 1. The van der Waals surface area contributed by atoms with Crippen molar-refractivity contribution in [1.29, 1.82) is 0 Å². The summed E-state index contributed by atoms with van der Waals surface area (Å²) < 4.78 is 5.34. The Morgan fingerprint density at radius 3 is 2.33 bits per heavy atom. The van der Waals surface area contributed by atoms with Crippen molar-refractivity contribution in [3.05, 3.63) is 55.1 Å². The van der Waals surface area contributed by atoms with Crippen LogP contribution >= 0.6 is 12.2 Å². The second kappa shape index (κ2) is 8.92. The van der Waals surface area contributed by atoms with Crippen LogP contribution < -0.4 is 10.1 Å². The topological polar surface area (TPSA) is 41.6 Å². The first-order valence-corrected chi connectivity index (χ1v) is 7.08. The van der Waals surface area contributed by atoms with E-state index in [1.807, 2.05) is 6.92 Å². The standard InChI is InChI=1S/C16H20N2O2S/c1-4-11-18(12-5-2)16(21)17-15(19)13-7-9-14(10-8-13)20-6-3/h4-5,7-10H,1-2,6,11-12H2,3H3,(H,17,19,21). The van der Waals surface area contributed by atoms with Crippen LogP contribution in [0.2, 0.25) is 0 Å². The molecule has 1 aromatic carbocycles. The molecule has 0 aliphatic rings. The number of ether oxygens (including phenoxy) is 1. The third-order valence-corrected chi connectivity index (χ3v) is 2.99. The average molecular weight is 304 g/mol. The lowest BCUT2D eigenvalue weighted by Gasteiger charge is -2.22. The smallest absolute Gasteiger partial charge is 0.257 e. The fraction of sp³-hybridized carbons (Fsp3) is 0.250. The first kappa shape index (κ1) is 16.9. The largest absolute Gasteiger partial charge is 0.494 e. The lowest BCUT2D eigenvalue weighted by Crippen LogP contribution is -2.42. The second-order valence-electron chi connectivity index (χ2n) is 4.20. The van der Waals surface area contributed by atoms with Gasteiger partial charge in [-0.3, -0.25) is 10.1 Å². The summed E-state index contributed by atoms with van der Waals surface area (Å²) in [6.45, 7) is 10.9. The molecule has 4 nitrogen and oxygen atoms in total. The van der Waals surface area contributed by atoms with Crippen molar-refractivity contribution in [2.24, 2.45) is 0 Å². The molecular formula is C16H20N2O2S. The monoisotopic (exact) mass is 304 g/mol. The number of amides is 1. The zero-order chi connectivity index (χ0) is 15.7. The van der Waals surface area contributed by atoms with Gasteiger partial charge in [0.15, 0.2) is 5.11 Å². The predicted molar refractivity (Wildman–Crippen MR) is 89.6 cm³/mol. The van der Waals surface area contributed by atoms with Gasteiger partial charge in [-0.25, -0.2) is 0 Å². The van der Waals surface area contributed by atoms with Crippen molar-refractivity contribution in [1.82, 2.24) is 10.2 Å². The van der Waals surface area contributed by atoms with Crippen molar-refractivity contribution >= 4 is 23.2 Å². The van der Waals surface area contributed by atoms with E-state index in [9.17, 15) is 4.79 Å². The molecule has 0 aliphatic carbocycles. The maximum Gasteiger partial charge on any atom is 0.257 e. The van der Waals surface area contributed by atoms with Gasteiger partial charge in [0.1, 0.15) is 5.75 Å². The van der Waals surface area contributed by atoms with Crippen LogP contribution in [0.5, 0.6) is 5.75 Å². The molecule has 0 fully saturated rings. The van der Waals surface area contributed by atoms with Crippen molar-refractivity contribution in [2.75, 3.05) is 19.7 Å². The lowest BCUT2D eigenvalue weighted by molar-refractivity contribution is 0.0974. The first-order chi connectivity index (χ1) is 10.1. The molecular weight excluding hydrogens is 284 g/mol. The third-order valence-electron chi connectivity index (χ3n) is 2.63. The molecule has 1 N–H and O–H groups in total. The Hall–Kier alpha value is -2.14. The summed E-state index contributed by atoms with van der Waals surface area (Å²) in [4.78, 5) is 13.9. The maximum atomic E-state index is 12.1. The number of rotatable bonds is 7. The van der Waals surface area contributed by atoms with E-state index in [-0.39, 0.29) is 5.91 Å². The summed E-state index contributed by atoms with van der Waals surface area (Å²) in [6, 6.07) is 6.92. The second-order valence-corrected chi connectivity index (χ2v) is 4.59. The van der Waals surface area contributed by atoms with Crippen molar-refractivity contribution in [3.63, 3.8) is 0 Å². The van der Waals surface area contributed by atoms with Gasteiger partial charge in [-0.05, 0) is 43.4 Å². The van der Waals surface area contributed by atoms with Crippen molar-refractivity contribution in [3.8, 4) is 5.75 Å². The minimum absolute atomic E-state index is 0.249. The van der Waals surface area contributed by atoms with Gasteiger partial charge in [-0.15, -0.1) is 13.2 Å². The molecule has 0 aliphatic heterocycles. The van der Waals surface area contributed by atoms with E-state index in [1.165, 1.54) is 0 Å². The number of nitrogens with zero attached hydrogens (tertiary/aromatic N) is 1. The molecule has 0 atom stereocenters. The third kappa shape index (κ3) is 5.39. The van der Waals surface area contributed by atoms with E-state index in [0.717, 1.165) is 5.75 Å². The van der Waals surface area contributed by atoms with Gasteiger partial charge in [0.2, 0.25) is 0 Å². The van der Waals surface area contributed by atoms with Crippen LogP contribution in [0.1, 0.15) is 17.3 Å². The van der Waals surface area contributed by atoms with Crippen LogP contribution in [-0.2, 0) is 0 Å². The van der Waals surface area contributed by atoms with Crippen molar-refractivity contribution < 1.29 is 9.53 Å². The highest BCUT2D eigenvalue weighted by Gasteiger charge is 2.12. The molecule has 0 radical (unpaired) electrons. The van der Waals surface area contributed by atoms with E-state index in [1.54, 1.807) is 41.3 Å². The Morgan fingerprint density at radius 2 is 1.86 bits per heavy atom. The summed E-state index contributed by atoms with van der Waals surface area (Å²) in [5.74, 6) is 0.484. The summed E-state index contributed by atoms with van der Waals surface area (Å²) in [6.07, 6.45) is 3.44. The Balaban J connectivity index is 2.68. The Kier molecular flexibility index (Phi) is 7.18. The minimum atomic E-state index is -0.249. The van der Waals surface area contributed by atoms with Crippen LogP contribution in [-0.4, -0.2) is 35.6 Å². The first-order valence-electron chi connectivity index (χ1n) is 6.67. The molecule has 1 aromatic rings. The van der Waals surface area contributed by atoms with Crippen LogP contribution in [0.3, 0.4) is 0 Å². The molecule has 0 saturated carbocycles. The number of carbonyl (C=O) groups is 1. The Morgan fingerprint density at radius 1 is 1.29 bits per heavy atom. The number of hydrogen-bond acceptors (Lipinski definition) is 3. The molecule has 112 valence electrons. The summed E-state index contributed by atoms with van der Waals surface area (Å²) >= 11 is 5.22. The molecule has 0 unspecified atom stereocenters. The fourth-order valence-corrected chi connectivity index (χ4v) is 1.91. The molecule has 0 saturated heterocycles. The van der Waals surface area contributed by atoms with Gasteiger partial charge < -0.3 is 9.64 Å². The molecule has 0 heterocycles. The molecule has 1 rings (SSSR count). The normalized spacial score (nSPS) is 9.57. The van der Waals surface area contributed by atoms with Crippen LogP contribution in [0.15, 0.2) is 49.6 Å². The Labute approximate surface area is 131 Å². The molecule has 1 amide bonds. The van der Waals surface area contributed by atoms with Gasteiger partial charge >= 0.3 is 0 Å². The molecule has 0 aromatic heterocycles. The molecule has 5 heteroatoms. The highest BCUT2D eigenvalue weighted by Crippen LogP contribution is 2.12. The van der Waals surface area contributed by atoms with Crippen LogP contribution in [0, 0.1) is 0 Å². The van der Waals surface area contributed by atoms with E-state index >= 15 is 0 Å². The minimum Gasteiger partial charge on any atom is -0.494 e. The van der Waals surface area contributed by atoms with E-state index in [0.29, 0.717) is 30.4 Å². The summed E-state index contributed by atoms with van der Waals surface area (Å²) in [5, 5.41) is 3.05. The van der Waals surface area contributed by atoms with Crippen molar-refractivity contribution in [2.45, 2.75) is 6.92 Å². The van der Waals surface area contributed by atoms with Gasteiger partial charge in [0.25, 0.3) is 5.91 Å². The zero-order valence-electron chi connectivity index (χ0n) is 12.2. The van der Waals surface area contributed by atoms with E-state index in [2.05, 4.69) is 18.5 Å². The van der Waals surface area contributed by atoms with Gasteiger partial charge in [0, 0.05) is 18.7 Å². The highest BCUT2D eigenvalue weighted by atomic mass is 32.1. The van der Waals surface area contributed by atoms with Crippen LogP contribution in [0.4, 0.5) is 0 Å². The number of benzene rings is 1. The molecule has 21 heavy (non-hydrogen) atoms. The quantitative estimate of drug-likeness (QED) is 0.621. The fourth-order valence-electron chi connectivity index (χ4n) is 1.67. The number of nitrogens with one attached hydrogen (secondary N) is 1. The number of carbonyl (C=O) groups excluding carboxylic acids is 1. The molecule has 0 spiro atoms. The van der Waals surface area contributed by atoms with Gasteiger partial charge in [-0.1, -0.05) is 12.2 Å². The highest BCUT2D eigenvalue weighted by molar-refractivity contribution is 7.80. The van der Waals surface area contributed by atoms with Gasteiger partial charge in [-0.2, -0.15) is 0 Å². The van der Waals surface area contributed by atoms with E-state index < -0.39 is 0 Å². The zero-order valence-corrected chi connectivity index (χ0v) is 13.0. The number of hydrogen-bond donors (Lipinski definition) is 1. The van der Waals surface area contributed by atoms with Crippen LogP contribution in [0.25, 0.3) is 0 Å². The van der Waals surface area contributed by atoms with E-state index in [4.69, 9.17) is 17.0 Å². The Bertz CT molecular complexity index is 502. The SMILES string of the molecule is C=CCN(CC=C)C(=S)NC(=O)c1ccc(OCC)cc1. The van der Waals surface area contributed by atoms with Gasteiger partial charge in [0.05, 0.1) is 6.61 Å².